The molecule has 7 heteroatoms. The molecule has 2 rings (SSSR count). The number of esters is 1. The van der Waals surface area contributed by atoms with Crippen molar-refractivity contribution in [3.8, 4) is 0 Å². The predicted octanol–water partition coefficient (Wildman–Crippen LogP) is 3.83. The normalized spacial score (nSPS) is 10.0. The third-order valence-electron chi connectivity index (χ3n) is 2.96. The van der Waals surface area contributed by atoms with E-state index in [4.69, 9.17) is 23.2 Å². The molecule has 0 spiro atoms. The maximum Gasteiger partial charge on any atom is 0.337 e. The number of anilines is 2. The van der Waals surface area contributed by atoms with E-state index in [0.29, 0.717) is 27.0 Å². The van der Waals surface area contributed by atoms with E-state index in [0.717, 1.165) is 0 Å². The van der Waals surface area contributed by atoms with Crippen LogP contribution in [0.25, 0.3) is 0 Å². The van der Waals surface area contributed by atoms with E-state index >= 15 is 0 Å². The Morgan fingerprint density at radius 3 is 2.26 bits per heavy atom. The summed E-state index contributed by atoms with van der Waals surface area (Å²) in [6.07, 6.45) is 0. The lowest BCUT2D eigenvalue weighted by atomic mass is 10.2. The number of hydrogen-bond acceptors (Lipinski definition) is 4. The fraction of sp³-hybridized carbons (Fsp3) is 0.125. The highest BCUT2D eigenvalue weighted by atomic mass is 35.5. The molecule has 23 heavy (non-hydrogen) atoms. The monoisotopic (exact) mass is 352 g/mol. The lowest BCUT2D eigenvalue weighted by Crippen LogP contribution is -2.21. The molecule has 0 aromatic heterocycles. The Balaban J connectivity index is 1.88. The Labute approximate surface area is 143 Å². The Kier molecular flexibility index (Phi) is 5.84. The average molecular weight is 353 g/mol. The summed E-state index contributed by atoms with van der Waals surface area (Å²) >= 11 is 11.7. The average Bonchev–Trinajstić information content (AvgIpc) is 2.56. The number of halogens is 2. The van der Waals surface area contributed by atoms with Gasteiger partial charge in [0.15, 0.2) is 0 Å². The predicted molar refractivity (Wildman–Crippen MR) is 91.4 cm³/mol. The van der Waals surface area contributed by atoms with E-state index in [1.54, 1.807) is 42.5 Å². The molecular formula is C16H14Cl2N2O3. The third-order valence-corrected chi connectivity index (χ3v) is 3.70. The van der Waals surface area contributed by atoms with Crippen LogP contribution in [0, 0.1) is 0 Å². The first kappa shape index (κ1) is 17.1. The van der Waals surface area contributed by atoms with Crippen molar-refractivity contribution in [2.75, 3.05) is 24.3 Å². The highest BCUT2D eigenvalue weighted by molar-refractivity contribution is 6.42. The molecule has 2 aromatic carbocycles. The van der Waals surface area contributed by atoms with Gasteiger partial charge in [-0.25, -0.2) is 4.79 Å². The number of nitrogens with one attached hydrogen (secondary N) is 2. The summed E-state index contributed by atoms with van der Waals surface area (Å²) in [5.41, 5.74) is 1.72. The molecule has 2 N–H and O–H groups in total. The molecule has 5 nitrogen and oxygen atoms in total. The van der Waals surface area contributed by atoms with Crippen LogP contribution in [-0.4, -0.2) is 25.5 Å². The van der Waals surface area contributed by atoms with Gasteiger partial charge >= 0.3 is 5.97 Å². The second-order valence-corrected chi connectivity index (χ2v) is 5.41. The van der Waals surface area contributed by atoms with Crippen LogP contribution in [-0.2, 0) is 9.53 Å². The minimum Gasteiger partial charge on any atom is -0.465 e. The number of methoxy groups -OCH3 is 1. The van der Waals surface area contributed by atoms with Crippen LogP contribution in [0.2, 0.25) is 10.0 Å². The number of rotatable bonds is 5. The fourth-order valence-electron chi connectivity index (χ4n) is 1.80. The molecule has 0 heterocycles. The van der Waals surface area contributed by atoms with E-state index in [-0.39, 0.29) is 12.5 Å². The van der Waals surface area contributed by atoms with Gasteiger partial charge in [-0.1, -0.05) is 23.2 Å². The smallest absolute Gasteiger partial charge is 0.337 e. The van der Waals surface area contributed by atoms with Crippen LogP contribution in [0.4, 0.5) is 11.4 Å². The molecule has 0 unspecified atom stereocenters. The number of hydrogen-bond donors (Lipinski definition) is 2. The van der Waals surface area contributed by atoms with Crippen molar-refractivity contribution >= 4 is 46.5 Å². The molecule has 0 atom stereocenters. The van der Waals surface area contributed by atoms with Crippen molar-refractivity contribution in [2.45, 2.75) is 0 Å². The SMILES string of the molecule is COC(=O)c1ccc(NCC(=O)Nc2ccc(Cl)c(Cl)c2)cc1. The Morgan fingerprint density at radius 2 is 1.65 bits per heavy atom. The summed E-state index contributed by atoms with van der Waals surface area (Å²) in [7, 11) is 1.32. The van der Waals surface area contributed by atoms with Crippen molar-refractivity contribution in [1.82, 2.24) is 0 Å². The zero-order chi connectivity index (χ0) is 16.8. The first-order chi connectivity index (χ1) is 11.0. The van der Waals surface area contributed by atoms with E-state index in [9.17, 15) is 9.59 Å². The van der Waals surface area contributed by atoms with Crippen LogP contribution >= 0.6 is 23.2 Å². The van der Waals surface area contributed by atoms with E-state index in [1.807, 2.05) is 0 Å². The minimum absolute atomic E-state index is 0.0673. The maximum atomic E-state index is 11.9. The zero-order valence-corrected chi connectivity index (χ0v) is 13.7. The van der Waals surface area contributed by atoms with Crippen LogP contribution in [0.1, 0.15) is 10.4 Å². The van der Waals surface area contributed by atoms with Gasteiger partial charge < -0.3 is 15.4 Å². The number of carbonyl (C=O) groups excluding carboxylic acids is 2. The zero-order valence-electron chi connectivity index (χ0n) is 12.2. The van der Waals surface area contributed by atoms with E-state index in [2.05, 4.69) is 15.4 Å². The van der Waals surface area contributed by atoms with Gasteiger partial charge in [-0.15, -0.1) is 0 Å². The van der Waals surface area contributed by atoms with E-state index < -0.39 is 5.97 Å². The second kappa shape index (κ2) is 7.85. The molecule has 0 fully saturated rings. The van der Waals surface area contributed by atoms with Crippen molar-refractivity contribution in [3.05, 3.63) is 58.1 Å². The van der Waals surface area contributed by atoms with Gasteiger partial charge in [-0.05, 0) is 42.5 Å². The Hall–Kier alpha value is -2.24. The van der Waals surface area contributed by atoms with Crippen LogP contribution in [0.5, 0.6) is 0 Å². The summed E-state index contributed by atoms with van der Waals surface area (Å²) in [6, 6.07) is 11.5. The minimum atomic E-state index is -0.408. The van der Waals surface area contributed by atoms with Gasteiger partial charge in [0.1, 0.15) is 0 Å². The first-order valence-corrected chi connectivity index (χ1v) is 7.42. The molecule has 0 saturated heterocycles. The molecule has 0 radical (unpaired) electrons. The molecule has 0 saturated carbocycles. The highest BCUT2D eigenvalue weighted by Gasteiger charge is 2.06. The number of amides is 1. The number of benzene rings is 2. The summed E-state index contributed by atoms with van der Waals surface area (Å²) in [5, 5.41) is 6.45. The maximum absolute atomic E-state index is 11.9. The summed E-state index contributed by atoms with van der Waals surface area (Å²) in [4.78, 5) is 23.2. The first-order valence-electron chi connectivity index (χ1n) is 6.67. The van der Waals surface area contributed by atoms with Gasteiger partial charge in [0.25, 0.3) is 0 Å². The lowest BCUT2D eigenvalue weighted by Gasteiger charge is -2.09. The molecule has 0 aliphatic carbocycles. The van der Waals surface area contributed by atoms with Gasteiger partial charge in [0.2, 0.25) is 5.91 Å². The highest BCUT2D eigenvalue weighted by Crippen LogP contribution is 2.24. The Bertz CT molecular complexity index is 718. The molecule has 0 aliphatic rings. The van der Waals surface area contributed by atoms with Crippen LogP contribution in [0.15, 0.2) is 42.5 Å². The van der Waals surface area contributed by atoms with Crippen molar-refractivity contribution in [2.24, 2.45) is 0 Å². The number of ether oxygens (including phenoxy) is 1. The van der Waals surface area contributed by atoms with Gasteiger partial charge in [0, 0.05) is 11.4 Å². The summed E-state index contributed by atoms with van der Waals surface area (Å²) in [5.74, 6) is -0.644. The largest absolute Gasteiger partial charge is 0.465 e. The van der Waals surface area contributed by atoms with Crippen LogP contribution in [0.3, 0.4) is 0 Å². The summed E-state index contributed by atoms with van der Waals surface area (Å²) < 4.78 is 4.62. The fourth-order valence-corrected chi connectivity index (χ4v) is 2.10. The van der Waals surface area contributed by atoms with Crippen molar-refractivity contribution < 1.29 is 14.3 Å². The molecule has 0 aliphatic heterocycles. The summed E-state index contributed by atoms with van der Waals surface area (Å²) in [6.45, 7) is 0.0673. The Morgan fingerprint density at radius 1 is 1.00 bits per heavy atom. The second-order valence-electron chi connectivity index (χ2n) is 4.60. The van der Waals surface area contributed by atoms with Crippen molar-refractivity contribution in [1.29, 1.82) is 0 Å². The van der Waals surface area contributed by atoms with Crippen LogP contribution < -0.4 is 10.6 Å². The number of carbonyl (C=O) groups is 2. The standard InChI is InChI=1S/C16H14Cl2N2O3/c1-23-16(22)10-2-4-11(5-3-10)19-9-15(21)20-12-6-7-13(17)14(18)8-12/h2-8,19H,9H2,1H3,(H,20,21). The molecule has 1 amide bonds. The quantitative estimate of drug-likeness (QED) is 0.802. The van der Waals surface area contributed by atoms with Gasteiger partial charge in [-0.2, -0.15) is 0 Å². The van der Waals surface area contributed by atoms with Crippen molar-refractivity contribution in [3.63, 3.8) is 0 Å². The molecule has 2 aromatic rings. The topological polar surface area (TPSA) is 67.4 Å². The molecular weight excluding hydrogens is 339 g/mol. The third kappa shape index (κ3) is 4.87. The molecule has 120 valence electrons. The molecule has 0 bridgehead atoms. The van der Waals surface area contributed by atoms with Gasteiger partial charge in [0.05, 0.1) is 29.3 Å². The lowest BCUT2D eigenvalue weighted by molar-refractivity contribution is -0.114. The van der Waals surface area contributed by atoms with E-state index in [1.165, 1.54) is 7.11 Å². The van der Waals surface area contributed by atoms with Gasteiger partial charge in [-0.3, -0.25) is 4.79 Å².